The van der Waals surface area contributed by atoms with Gasteiger partial charge in [-0.3, -0.25) is 4.84 Å². The Morgan fingerprint density at radius 2 is 1.87 bits per heavy atom. The van der Waals surface area contributed by atoms with Crippen molar-refractivity contribution in [3.63, 3.8) is 0 Å². The van der Waals surface area contributed by atoms with E-state index in [1.807, 2.05) is 4.84 Å². The first-order chi connectivity index (χ1) is 6.86. The Balaban J connectivity index is 3.29. The summed E-state index contributed by atoms with van der Waals surface area (Å²) in [5.41, 5.74) is -1.73. The number of benzene rings is 1. The van der Waals surface area contributed by atoms with E-state index in [0.717, 1.165) is 6.07 Å². The molecule has 0 aliphatic carbocycles. The zero-order chi connectivity index (χ0) is 11.6. The second-order valence-corrected chi connectivity index (χ2v) is 2.96. The summed E-state index contributed by atoms with van der Waals surface area (Å²) < 4.78 is 37.3. The van der Waals surface area contributed by atoms with Crippen molar-refractivity contribution in [2.75, 3.05) is 4.84 Å². The van der Waals surface area contributed by atoms with E-state index in [1.54, 1.807) is 0 Å². The van der Waals surface area contributed by atoms with Gasteiger partial charge >= 0.3 is 13.3 Å². The third-order valence-corrected chi connectivity index (χ3v) is 1.96. The van der Waals surface area contributed by atoms with Crippen molar-refractivity contribution < 1.29 is 23.2 Å². The van der Waals surface area contributed by atoms with Crippen molar-refractivity contribution in [2.45, 2.75) is 6.18 Å². The number of rotatable bonds is 2. The first-order valence-electron chi connectivity index (χ1n) is 3.80. The van der Waals surface area contributed by atoms with Gasteiger partial charge in [-0.2, -0.15) is 13.2 Å². The first-order valence-corrected chi connectivity index (χ1v) is 4.18. The van der Waals surface area contributed by atoms with Crippen LogP contribution < -0.4 is 10.3 Å². The maximum atomic E-state index is 12.4. The van der Waals surface area contributed by atoms with Crippen LogP contribution in [0.2, 0.25) is 0 Å². The molecule has 15 heavy (non-hydrogen) atoms. The second-order valence-electron chi connectivity index (χ2n) is 2.77. The molecule has 1 rings (SSSR count). The van der Waals surface area contributed by atoms with E-state index >= 15 is 0 Å². The zero-order valence-corrected chi connectivity index (χ0v) is 7.97. The molecule has 0 unspecified atom stereocenters. The highest BCUT2D eigenvalue weighted by Crippen LogP contribution is 2.29. The molecule has 0 aliphatic heterocycles. The number of halogens is 4. The Labute approximate surface area is 88.7 Å². The maximum Gasteiger partial charge on any atom is 0.489 e. The molecule has 0 saturated heterocycles. The molecule has 0 amide bonds. The van der Waals surface area contributed by atoms with Crippen LogP contribution >= 0.6 is 11.8 Å². The van der Waals surface area contributed by atoms with Gasteiger partial charge in [-0.05, 0) is 17.6 Å². The van der Waals surface area contributed by atoms with E-state index in [0.29, 0.717) is 6.07 Å². The van der Waals surface area contributed by atoms with Gasteiger partial charge in [-0.1, -0.05) is 6.07 Å². The second kappa shape index (κ2) is 4.30. The third kappa shape index (κ3) is 2.77. The van der Waals surface area contributed by atoms with Gasteiger partial charge in [0, 0.05) is 17.5 Å². The molecule has 1 aromatic rings. The van der Waals surface area contributed by atoms with Crippen LogP contribution in [0.4, 0.5) is 18.9 Å². The molecular weight excluding hydrogens is 233 g/mol. The summed E-state index contributed by atoms with van der Waals surface area (Å²) in [6.07, 6.45) is -4.66. The van der Waals surface area contributed by atoms with Crippen molar-refractivity contribution in [2.24, 2.45) is 0 Å². The highest BCUT2D eigenvalue weighted by molar-refractivity contribution is 6.59. The fourth-order valence-electron chi connectivity index (χ4n) is 1.09. The van der Waals surface area contributed by atoms with E-state index in [4.69, 9.17) is 21.8 Å². The van der Waals surface area contributed by atoms with Gasteiger partial charge in [0.05, 0.1) is 5.56 Å². The molecule has 0 aromatic heterocycles. The van der Waals surface area contributed by atoms with Crippen molar-refractivity contribution in [3.8, 4) is 0 Å². The molecule has 8 heteroatoms. The Morgan fingerprint density at radius 3 is 2.27 bits per heavy atom. The van der Waals surface area contributed by atoms with Gasteiger partial charge < -0.3 is 10.0 Å². The molecule has 3 N–H and O–H groups in total. The molecule has 0 aliphatic rings. The number of hydrogen-bond acceptors (Lipinski definition) is 3. The number of alkyl halides is 3. The third-order valence-electron chi connectivity index (χ3n) is 1.75. The lowest BCUT2D eigenvalue weighted by Crippen LogP contribution is -2.36. The summed E-state index contributed by atoms with van der Waals surface area (Å²) in [5.74, 6) is 0. The first kappa shape index (κ1) is 12.2. The minimum atomic E-state index is -4.66. The monoisotopic (exact) mass is 239 g/mol. The highest BCUT2D eigenvalue weighted by atomic mass is 35.5. The number of nitrogens with one attached hydrogen (secondary N) is 1. The van der Waals surface area contributed by atoms with Crippen LogP contribution in [0.1, 0.15) is 5.56 Å². The van der Waals surface area contributed by atoms with Crippen LogP contribution in [-0.2, 0) is 6.18 Å². The van der Waals surface area contributed by atoms with Crippen LogP contribution in [0.5, 0.6) is 0 Å². The zero-order valence-electron chi connectivity index (χ0n) is 7.22. The van der Waals surface area contributed by atoms with Crippen molar-refractivity contribution >= 4 is 30.0 Å². The largest absolute Gasteiger partial charge is 0.489 e. The average molecular weight is 239 g/mol. The van der Waals surface area contributed by atoms with Crippen LogP contribution in [0.3, 0.4) is 0 Å². The summed E-state index contributed by atoms with van der Waals surface area (Å²) in [4.78, 5) is 2.01. The smallest absolute Gasteiger partial charge is 0.423 e. The summed E-state index contributed by atoms with van der Waals surface area (Å²) in [6.45, 7) is 0. The molecule has 0 saturated carbocycles. The average Bonchev–Trinajstić information content (AvgIpc) is 2.15. The SMILES string of the molecule is OB(O)c1ccc(NCl)cc1C(F)(F)F. The minimum Gasteiger partial charge on any atom is -0.423 e. The predicted octanol–water partition coefficient (Wildman–Crippen LogP) is 0.951. The summed E-state index contributed by atoms with van der Waals surface area (Å²) in [7, 11) is -2.17. The van der Waals surface area contributed by atoms with Gasteiger partial charge in [-0.25, -0.2) is 0 Å². The van der Waals surface area contributed by atoms with Gasteiger partial charge in [0.15, 0.2) is 0 Å². The van der Waals surface area contributed by atoms with E-state index in [-0.39, 0.29) is 5.69 Å². The lowest BCUT2D eigenvalue weighted by Gasteiger charge is -2.13. The Bertz CT molecular complexity index is 359. The molecular formula is C7H6BClF3NO2. The van der Waals surface area contributed by atoms with Crippen molar-refractivity contribution in [1.82, 2.24) is 0 Å². The van der Waals surface area contributed by atoms with Gasteiger partial charge in [0.2, 0.25) is 0 Å². The van der Waals surface area contributed by atoms with Crippen LogP contribution in [0.15, 0.2) is 18.2 Å². The molecule has 1 aromatic carbocycles. The standard InChI is InChI=1S/C7H6BClF3NO2/c9-13-4-1-2-6(8(14)15)5(3-4)7(10,11)12/h1-3,13-15H. The van der Waals surface area contributed by atoms with Crippen LogP contribution in [0, 0.1) is 0 Å². The normalized spacial score (nSPS) is 11.3. The van der Waals surface area contributed by atoms with Crippen LogP contribution in [-0.4, -0.2) is 17.2 Å². The number of anilines is 1. The fourth-order valence-corrected chi connectivity index (χ4v) is 1.20. The van der Waals surface area contributed by atoms with E-state index < -0.39 is 24.3 Å². The van der Waals surface area contributed by atoms with Gasteiger partial charge in [0.25, 0.3) is 0 Å². The quantitative estimate of drug-likeness (QED) is 0.532. The topological polar surface area (TPSA) is 52.5 Å². The minimum absolute atomic E-state index is 0.0217. The molecule has 0 radical (unpaired) electrons. The Kier molecular flexibility index (Phi) is 3.48. The summed E-state index contributed by atoms with van der Waals surface area (Å²) >= 11 is 5.14. The van der Waals surface area contributed by atoms with Gasteiger partial charge in [0.1, 0.15) is 0 Å². The van der Waals surface area contributed by atoms with Gasteiger partial charge in [-0.15, -0.1) is 0 Å². The maximum absolute atomic E-state index is 12.4. The summed E-state index contributed by atoms with van der Waals surface area (Å²) in [6, 6.07) is 2.84. The van der Waals surface area contributed by atoms with E-state index in [1.165, 1.54) is 6.07 Å². The van der Waals surface area contributed by atoms with E-state index in [2.05, 4.69) is 0 Å². The molecule has 0 heterocycles. The highest BCUT2D eigenvalue weighted by Gasteiger charge is 2.36. The molecule has 0 bridgehead atoms. The molecule has 3 nitrogen and oxygen atoms in total. The lowest BCUT2D eigenvalue weighted by molar-refractivity contribution is -0.136. The lowest BCUT2D eigenvalue weighted by atomic mass is 9.76. The number of hydrogen-bond donors (Lipinski definition) is 3. The Morgan fingerprint density at radius 1 is 1.27 bits per heavy atom. The van der Waals surface area contributed by atoms with Crippen LogP contribution in [0.25, 0.3) is 0 Å². The molecule has 0 atom stereocenters. The molecule has 0 fully saturated rings. The molecule has 82 valence electrons. The predicted molar refractivity (Wildman–Crippen MR) is 50.7 cm³/mol. The molecule has 0 spiro atoms. The van der Waals surface area contributed by atoms with E-state index in [9.17, 15) is 13.2 Å². The van der Waals surface area contributed by atoms with Crippen molar-refractivity contribution in [3.05, 3.63) is 23.8 Å². The fraction of sp³-hybridized carbons (Fsp3) is 0.143. The van der Waals surface area contributed by atoms with Crippen molar-refractivity contribution in [1.29, 1.82) is 0 Å². The summed E-state index contributed by atoms with van der Waals surface area (Å²) in [5, 5.41) is 17.5. The Hall–Kier alpha value is -0.915.